The van der Waals surface area contributed by atoms with E-state index >= 15 is 0 Å². The van der Waals surface area contributed by atoms with Crippen LogP contribution in [0.2, 0.25) is 5.02 Å². The molecule has 46 heavy (non-hydrogen) atoms. The fourth-order valence-corrected chi connectivity index (χ4v) is 5.11. The maximum Gasteiger partial charge on any atom is 0.422 e. The Hall–Kier alpha value is -4.29. The molecule has 0 saturated heterocycles. The van der Waals surface area contributed by atoms with E-state index in [-0.39, 0.29) is 24.1 Å². The topological polar surface area (TPSA) is 171 Å². The lowest BCUT2D eigenvalue weighted by molar-refractivity contribution is -0.529. The van der Waals surface area contributed by atoms with Gasteiger partial charge in [0.25, 0.3) is 5.69 Å². The van der Waals surface area contributed by atoms with Gasteiger partial charge in [0.15, 0.2) is 11.5 Å². The number of nitrogens with one attached hydrogen (secondary N) is 4. The number of halogens is 4. The number of carbonyl (C=O) groups is 1. The molecule has 2 fully saturated rings. The molecule has 0 radical (unpaired) electrons. The summed E-state index contributed by atoms with van der Waals surface area (Å²) in [4.78, 5) is 38.0. The van der Waals surface area contributed by atoms with Crippen molar-refractivity contribution in [3.05, 3.63) is 64.0 Å². The number of hydrogen-bond donors (Lipinski definition) is 4. The summed E-state index contributed by atoms with van der Waals surface area (Å²) in [5, 5.41) is 6.62. The number of ether oxygens (including phenoxy) is 1. The summed E-state index contributed by atoms with van der Waals surface area (Å²) < 4.78 is 70.3. The lowest BCUT2D eigenvalue weighted by atomic mass is 10.1. The number of aromatic nitrogens is 3. The Morgan fingerprint density at radius 1 is 1.00 bits per heavy atom. The third kappa shape index (κ3) is 8.10. The van der Waals surface area contributed by atoms with Crippen molar-refractivity contribution in [2.75, 3.05) is 37.9 Å². The summed E-state index contributed by atoms with van der Waals surface area (Å²) in [6.45, 7) is -1.70. The highest BCUT2D eigenvalue weighted by atomic mass is 35.5. The largest absolute Gasteiger partial charge is 0.454 e. The minimum absolute atomic E-state index is 0.00917. The first kappa shape index (κ1) is 33.1. The fourth-order valence-electron chi connectivity index (χ4n) is 4.35. The average Bonchev–Trinajstić information content (AvgIpc) is 3.92. The third-order valence-electron chi connectivity index (χ3n) is 7.43. The van der Waals surface area contributed by atoms with Crippen LogP contribution in [0.3, 0.4) is 0 Å². The van der Waals surface area contributed by atoms with Crippen molar-refractivity contribution in [2.24, 2.45) is 5.41 Å². The van der Waals surface area contributed by atoms with Crippen LogP contribution >= 0.6 is 11.6 Å². The lowest BCUT2D eigenvalue weighted by Crippen LogP contribution is -2.46. The highest BCUT2D eigenvalue weighted by Gasteiger charge is 2.52. The number of alkyl halides is 3. The Balaban J connectivity index is 1.25. The van der Waals surface area contributed by atoms with Crippen molar-refractivity contribution in [3.8, 4) is 6.01 Å². The summed E-state index contributed by atoms with van der Waals surface area (Å²) in [5.41, 5.74) is 2.48. The van der Waals surface area contributed by atoms with Crippen molar-refractivity contribution >= 4 is 51.0 Å². The quantitative estimate of drug-likeness (QED) is 0.143. The Kier molecular flexibility index (Phi) is 8.98. The van der Waals surface area contributed by atoms with Crippen molar-refractivity contribution in [1.29, 1.82) is 0 Å². The second-order valence-corrected chi connectivity index (χ2v) is 13.5. The molecule has 0 atom stereocenters. The van der Waals surface area contributed by atoms with Crippen molar-refractivity contribution in [2.45, 2.75) is 37.4 Å². The first-order valence-electron chi connectivity index (χ1n) is 13.9. The standard InChI is InChI=1S/C27H29ClF3N9O5S/c1-39(2)46(43,44)38-21(41)25(11-12-25)15-32-40(42)20-9-7-19(8-10-20)33-22-34-23(36-24(35-22)45-16-27(29,30)31)37-26(13-14-26)17-3-5-18(28)6-4-17/h3-10H,11-16H2,1-2H3,(H3-,32,33,34,35,36,37,38,41,42)/p+1. The van der Waals surface area contributed by atoms with Gasteiger partial charge in [-0.05, 0) is 55.5 Å². The smallest absolute Gasteiger partial charge is 0.422 e. The number of amides is 1. The maximum absolute atomic E-state index is 12.9. The fraction of sp³-hybridized carbons (Fsp3) is 0.407. The number of anilines is 3. The zero-order valence-corrected chi connectivity index (χ0v) is 26.1. The highest BCUT2D eigenvalue weighted by molar-refractivity contribution is 7.87. The van der Waals surface area contributed by atoms with E-state index in [0.29, 0.717) is 28.4 Å². The summed E-state index contributed by atoms with van der Waals surface area (Å²) in [6.07, 6.45) is -2.35. The van der Waals surface area contributed by atoms with Gasteiger partial charge in [0.05, 0.1) is 22.4 Å². The van der Waals surface area contributed by atoms with Crippen LogP contribution in [-0.4, -0.2) is 71.9 Å². The SMILES string of the molecule is CN(C)S(=O)(=O)NC(=O)C1(CN[N+](=O)c2ccc(Nc3nc(NC4(c5ccc(Cl)cc5)CC4)nc(OCC(F)(F)F)n3)cc2)CC1. The molecule has 2 aliphatic carbocycles. The first-order valence-corrected chi connectivity index (χ1v) is 15.7. The molecule has 2 saturated carbocycles. The van der Waals surface area contributed by atoms with Gasteiger partial charge in [-0.2, -0.15) is 40.8 Å². The number of hydrazine groups is 1. The molecule has 14 nitrogen and oxygen atoms in total. The molecular formula is C27H30ClF3N9O5S+. The summed E-state index contributed by atoms with van der Waals surface area (Å²) in [6, 6.07) is 12.5. The second kappa shape index (κ2) is 12.5. The molecule has 3 aromatic rings. The summed E-state index contributed by atoms with van der Waals surface area (Å²) in [5.74, 6) is -0.821. The van der Waals surface area contributed by atoms with E-state index in [1.54, 1.807) is 12.1 Å². The Bertz CT molecular complexity index is 1720. The molecular weight excluding hydrogens is 655 g/mol. The molecule has 0 aliphatic heterocycles. The van der Waals surface area contributed by atoms with Crippen LogP contribution in [0.25, 0.3) is 0 Å². The average molecular weight is 685 g/mol. The number of carbonyl (C=O) groups excluding carboxylic acids is 1. The molecule has 0 unspecified atom stereocenters. The zero-order chi connectivity index (χ0) is 33.3. The zero-order valence-electron chi connectivity index (χ0n) is 24.6. The van der Waals surface area contributed by atoms with Crippen molar-refractivity contribution < 1.29 is 36.0 Å². The number of nitroso groups, excluding NO2 is 1. The van der Waals surface area contributed by atoms with Crippen LogP contribution in [0.5, 0.6) is 6.01 Å². The molecule has 2 aliphatic rings. The summed E-state index contributed by atoms with van der Waals surface area (Å²) >= 11 is 6.01. The minimum atomic E-state index is -4.62. The van der Waals surface area contributed by atoms with Crippen molar-refractivity contribution in [3.63, 3.8) is 0 Å². The normalized spacial score (nSPS) is 16.3. The van der Waals surface area contributed by atoms with Crippen LogP contribution in [0.1, 0.15) is 31.2 Å². The molecule has 19 heteroatoms. The van der Waals surface area contributed by atoms with Gasteiger partial charge in [0, 0.05) is 36.9 Å². The third-order valence-corrected chi connectivity index (χ3v) is 9.09. The minimum Gasteiger partial charge on any atom is -0.454 e. The van der Waals surface area contributed by atoms with E-state index < -0.39 is 45.9 Å². The van der Waals surface area contributed by atoms with E-state index in [1.807, 2.05) is 16.9 Å². The Morgan fingerprint density at radius 3 is 2.20 bits per heavy atom. The molecule has 5 rings (SSSR count). The van der Waals surface area contributed by atoms with Crippen LogP contribution in [0.15, 0.2) is 48.5 Å². The van der Waals surface area contributed by atoms with E-state index in [9.17, 15) is 31.3 Å². The number of benzene rings is 2. The monoisotopic (exact) mass is 684 g/mol. The van der Waals surface area contributed by atoms with Gasteiger partial charge in [-0.25, -0.2) is 4.72 Å². The highest BCUT2D eigenvalue weighted by Crippen LogP contribution is 2.48. The van der Waals surface area contributed by atoms with Crippen LogP contribution in [-0.2, 0) is 20.5 Å². The summed E-state index contributed by atoms with van der Waals surface area (Å²) in [7, 11) is -1.40. The molecule has 4 N–H and O–H groups in total. The van der Waals surface area contributed by atoms with Crippen LogP contribution < -0.4 is 25.5 Å². The molecule has 2 aromatic carbocycles. The van der Waals surface area contributed by atoms with Gasteiger partial charge in [0.1, 0.15) is 0 Å². The number of hydrogen-bond acceptors (Lipinski definition) is 10. The van der Waals surface area contributed by atoms with Gasteiger partial charge in [-0.1, -0.05) is 23.7 Å². The molecule has 1 heterocycles. The number of rotatable bonds is 14. The molecule has 0 spiro atoms. The molecule has 246 valence electrons. The van der Waals surface area contributed by atoms with E-state index in [0.717, 1.165) is 22.7 Å². The van der Waals surface area contributed by atoms with Crippen LogP contribution in [0.4, 0.5) is 36.4 Å². The van der Waals surface area contributed by atoms with Gasteiger partial charge in [0.2, 0.25) is 17.8 Å². The number of nitrogens with zero attached hydrogens (tertiary/aromatic N) is 5. The Labute approximate surface area is 266 Å². The molecule has 0 bridgehead atoms. The predicted molar refractivity (Wildman–Crippen MR) is 161 cm³/mol. The van der Waals surface area contributed by atoms with Gasteiger partial charge in [-0.15, -0.1) is 5.43 Å². The van der Waals surface area contributed by atoms with E-state index in [1.165, 1.54) is 38.4 Å². The Morgan fingerprint density at radius 2 is 1.63 bits per heavy atom. The molecule has 1 aromatic heterocycles. The van der Waals surface area contributed by atoms with Crippen molar-refractivity contribution in [1.82, 2.24) is 29.4 Å². The van der Waals surface area contributed by atoms with Gasteiger partial charge in [-0.3, -0.25) is 4.79 Å². The van der Waals surface area contributed by atoms with E-state index in [4.69, 9.17) is 16.3 Å². The lowest BCUT2D eigenvalue weighted by Gasteiger charge is -2.19. The second-order valence-electron chi connectivity index (χ2n) is 11.2. The maximum atomic E-state index is 12.9. The first-order chi connectivity index (χ1) is 21.6. The van der Waals surface area contributed by atoms with Gasteiger partial charge < -0.3 is 15.4 Å². The van der Waals surface area contributed by atoms with Crippen LogP contribution in [0, 0.1) is 10.3 Å². The van der Waals surface area contributed by atoms with Gasteiger partial charge >= 0.3 is 22.4 Å². The molecule has 1 amide bonds. The van der Waals surface area contributed by atoms with E-state index in [2.05, 4.69) is 31.0 Å². The predicted octanol–water partition coefficient (Wildman–Crippen LogP) is 3.93.